The van der Waals surface area contributed by atoms with Gasteiger partial charge in [0.25, 0.3) is 0 Å². The molecule has 0 atom stereocenters. The Morgan fingerprint density at radius 3 is 2.89 bits per heavy atom. The van der Waals surface area contributed by atoms with Crippen LogP contribution in [0.2, 0.25) is 5.02 Å². The molecule has 134 valence electrons. The summed E-state index contributed by atoms with van der Waals surface area (Å²) < 4.78 is 5.69. The van der Waals surface area contributed by atoms with E-state index in [2.05, 4.69) is 20.5 Å². The van der Waals surface area contributed by atoms with Gasteiger partial charge in [0, 0.05) is 5.56 Å². The van der Waals surface area contributed by atoms with Crippen molar-refractivity contribution in [3.8, 4) is 11.3 Å². The van der Waals surface area contributed by atoms with Gasteiger partial charge in [0.2, 0.25) is 5.95 Å². The lowest BCUT2D eigenvalue weighted by molar-refractivity contribution is 0.0697. The van der Waals surface area contributed by atoms with Gasteiger partial charge in [0.15, 0.2) is 0 Å². The van der Waals surface area contributed by atoms with E-state index in [0.29, 0.717) is 23.0 Å². The summed E-state index contributed by atoms with van der Waals surface area (Å²) in [4.78, 5) is 18.7. The Labute approximate surface area is 158 Å². The van der Waals surface area contributed by atoms with Crippen LogP contribution in [0.5, 0.6) is 0 Å². The summed E-state index contributed by atoms with van der Waals surface area (Å²) in [5.74, 6) is 0.438. The van der Waals surface area contributed by atoms with E-state index in [1.54, 1.807) is 18.2 Å². The first kappa shape index (κ1) is 16.9. The van der Waals surface area contributed by atoms with Crippen molar-refractivity contribution in [3.63, 3.8) is 0 Å². The minimum absolute atomic E-state index is 0.0207. The van der Waals surface area contributed by atoms with Crippen molar-refractivity contribution in [1.29, 1.82) is 0 Å². The van der Waals surface area contributed by atoms with Gasteiger partial charge in [-0.05, 0) is 42.5 Å². The highest BCUT2D eigenvalue weighted by Crippen LogP contribution is 2.26. The van der Waals surface area contributed by atoms with Crippen LogP contribution in [-0.4, -0.2) is 27.3 Å². The third-order valence-corrected chi connectivity index (χ3v) is 4.19. The number of para-hydroxylation sites is 2. The fourth-order valence-electron chi connectivity index (χ4n) is 2.58. The van der Waals surface area contributed by atoms with Crippen molar-refractivity contribution in [2.45, 2.75) is 0 Å². The van der Waals surface area contributed by atoms with Gasteiger partial charge in [0.05, 0.1) is 27.8 Å². The van der Waals surface area contributed by atoms with Crippen LogP contribution in [0.15, 0.2) is 64.1 Å². The maximum atomic E-state index is 11.2. The first-order valence-corrected chi connectivity index (χ1v) is 8.35. The molecule has 0 radical (unpaired) electrons. The molecular formula is C19H13ClN4O3. The van der Waals surface area contributed by atoms with Crippen molar-refractivity contribution in [3.05, 3.63) is 70.9 Å². The van der Waals surface area contributed by atoms with E-state index < -0.39 is 5.97 Å². The molecule has 0 fully saturated rings. The zero-order chi connectivity index (χ0) is 18.8. The van der Waals surface area contributed by atoms with E-state index in [9.17, 15) is 4.79 Å². The molecule has 0 unspecified atom stereocenters. The van der Waals surface area contributed by atoms with Gasteiger partial charge in [-0.2, -0.15) is 5.10 Å². The van der Waals surface area contributed by atoms with Crippen LogP contribution < -0.4 is 5.43 Å². The summed E-state index contributed by atoms with van der Waals surface area (Å²) in [5.41, 5.74) is 5.19. The van der Waals surface area contributed by atoms with Crippen molar-refractivity contribution in [2.75, 3.05) is 5.43 Å². The Morgan fingerprint density at radius 1 is 1.22 bits per heavy atom. The predicted octanol–water partition coefficient (Wildman–Crippen LogP) is 4.62. The van der Waals surface area contributed by atoms with Crippen molar-refractivity contribution in [2.24, 2.45) is 5.10 Å². The summed E-state index contributed by atoms with van der Waals surface area (Å²) in [6, 6.07) is 15.8. The summed E-state index contributed by atoms with van der Waals surface area (Å²) in [6.07, 6.45) is 1.50. The zero-order valence-electron chi connectivity index (χ0n) is 13.8. The van der Waals surface area contributed by atoms with Gasteiger partial charge in [-0.3, -0.25) is 0 Å². The molecule has 7 nitrogen and oxygen atoms in total. The second kappa shape index (κ2) is 6.97. The predicted molar refractivity (Wildman–Crippen MR) is 103 cm³/mol. The first-order valence-electron chi connectivity index (χ1n) is 7.97. The average molecular weight is 381 g/mol. The number of nitrogens with zero attached hydrogens (tertiary/aromatic N) is 2. The molecule has 4 rings (SSSR count). The lowest BCUT2D eigenvalue weighted by atomic mass is 10.1. The fraction of sp³-hybridized carbons (Fsp3) is 0. The summed E-state index contributed by atoms with van der Waals surface area (Å²) in [5, 5.41) is 13.4. The number of imidazole rings is 1. The second-order valence-corrected chi connectivity index (χ2v) is 6.08. The maximum Gasteiger partial charge on any atom is 0.337 e. The van der Waals surface area contributed by atoms with Crippen LogP contribution in [0.4, 0.5) is 5.95 Å². The average Bonchev–Trinajstić information content (AvgIpc) is 3.28. The van der Waals surface area contributed by atoms with Crippen LogP contribution in [0, 0.1) is 0 Å². The molecule has 0 aliphatic carbocycles. The molecule has 2 heterocycles. The molecule has 0 saturated heterocycles. The number of aromatic amines is 1. The molecule has 0 amide bonds. The van der Waals surface area contributed by atoms with Gasteiger partial charge in [-0.1, -0.05) is 23.7 Å². The highest BCUT2D eigenvalue weighted by molar-refractivity contribution is 6.33. The second-order valence-electron chi connectivity index (χ2n) is 5.67. The number of hydrogen-bond acceptors (Lipinski definition) is 5. The third-order valence-electron chi connectivity index (χ3n) is 3.86. The molecule has 0 saturated carbocycles. The standard InChI is InChI=1S/C19H13ClN4O3/c20-14-7-5-11(9-13(14)18(25)26)17-8-6-12(27-17)10-21-24-19-22-15-3-1-2-4-16(15)23-19/h1-10H,(H,25,26)(H2,22,23,24)/b21-10-. The van der Waals surface area contributed by atoms with Gasteiger partial charge in [-0.25, -0.2) is 15.2 Å². The highest BCUT2D eigenvalue weighted by atomic mass is 35.5. The van der Waals surface area contributed by atoms with Gasteiger partial charge >= 0.3 is 5.97 Å². The largest absolute Gasteiger partial charge is 0.478 e. The lowest BCUT2D eigenvalue weighted by Crippen LogP contribution is -1.97. The first-order chi connectivity index (χ1) is 13.1. The van der Waals surface area contributed by atoms with Crippen molar-refractivity contribution >= 4 is 40.8 Å². The number of rotatable bonds is 5. The van der Waals surface area contributed by atoms with E-state index in [-0.39, 0.29) is 10.6 Å². The minimum Gasteiger partial charge on any atom is -0.478 e. The number of carboxylic acid groups (broad SMARTS) is 1. The molecule has 0 aliphatic heterocycles. The molecule has 8 heteroatoms. The number of fused-ring (bicyclic) bond motifs is 1. The molecule has 2 aromatic heterocycles. The Kier molecular flexibility index (Phi) is 4.35. The topological polar surface area (TPSA) is 104 Å². The van der Waals surface area contributed by atoms with Crippen LogP contribution in [0.3, 0.4) is 0 Å². The lowest BCUT2D eigenvalue weighted by Gasteiger charge is -2.01. The molecule has 3 N–H and O–H groups in total. The number of furan rings is 1. The minimum atomic E-state index is -1.09. The maximum absolute atomic E-state index is 11.2. The number of nitrogens with one attached hydrogen (secondary N) is 2. The van der Waals surface area contributed by atoms with E-state index >= 15 is 0 Å². The van der Waals surface area contributed by atoms with Crippen molar-refractivity contribution < 1.29 is 14.3 Å². The molecule has 0 aliphatic rings. The number of aromatic nitrogens is 2. The van der Waals surface area contributed by atoms with E-state index in [4.69, 9.17) is 21.1 Å². The van der Waals surface area contributed by atoms with Crippen LogP contribution in [0.25, 0.3) is 22.4 Å². The number of aromatic carboxylic acids is 1. The number of benzene rings is 2. The summed E-state index contributed by atoms with van der Waals surface area (Å²) in [7, 11) is 0. The number of hydrazone groups is 1. The molecule has 2 aromatic carbocycles. The van der Waals surface area contributed by atoms with Gasteiger partial charge in [-0.15, -0.1) is 0 Å². The molecule has 0 spiro atoms. The SMILES string of the molecule is O=C(O)c1cc(-c2ccc(/C=N\Nc3nc4ccccc4[nH]3)o2)ccc1Cl. The highest BCUT2D eigenvalue weighted by Gasteiger charge is 2.12. The Bertz CT molecular complexity index is 1130. The number of carboxylic acids is 1. The molecular weight excluding hydrogens is 368 g/mol. The number of carbonyl (C=O) groups is 1. The van der Waals surface area contributed by atoms with E-state index in [1.165, 1.54) is 18.3 Å². The van der Waals surface area contributed by atoms with Gasteiger partial charge in [0.1, 0.15) is 11.5 Å². The molecule has 0 bridgehead atoms. The van der Waals surface area contributed by atoms with Gasteiger partial charge < -0.3 is 14.5 Å². The van der Waals surface area contributed by atoms with Crippen molar-refractivity contribution in [1.82, 2.24) is 9.97 Å². The Balaban J connectivity index is 1.50. The Morgan fingerprint density at radius 2 is 2.07 bits per heavy atom. The summed E-state index contributed by atoms with van der Waals surface area (Å²) >= 11 is 5.89. The van der Waals surface area contributed by atoms with Crippen LogP contribution in [0.1, 0.15) is 16.1 Å². The number of halogens is 1. The van der Waals surface area contributed by atoms with E-state index in [0.717, 1.165) is 11.0 Å². The van der Waals surface area contributed by atoms with Crippen LogP contribution >= 0.6 is 11.6 Å². The quantitative estimate of drug-likeness (QED) is 0.346. The Hall–Kier alpha value is -3.58. The zero-order valence-corrected chi connectivity index (χ0v) is 14.6. The summed E-state index contributed by atoms with van der Waals surface area (Å²) in [6.45, 7) is 0. The molecule has 27 heavy (non-hydrogen) atoms. The number of H-pyrrole nitrogens is 1. The smallest absolute Gasteiger partial charge is 0.337 e. The monoisotopic (exact) mass is 380 g/mol. The van der Waals surface area contributed by atoms with Crippen LogP contribution in [-0.2, 0) is 0 Å². The number of anilines is 1. The third kappa shape index (κ3) is 3.54. The fourth-order valence-corrected chi connectivity index (χ4v) is 2.78. The molecule has 4 aromatic rings. The van der Waals surface area contributed by atoms with E-state index in [1.807, 2.05) is 24.3 Å². The number of hydrogen-bond donors (Lipinski definition) is 3. The normalized spacial score (nSPS) is 11.3.